The molecule has 4 amide bonds. The van der Waals surface area contributed by atoms with Gasteiger partial charge in [-0.3, -0.25) is 19.3 Å². The summed E-state index contributed by atoms with van der Waals surface area (Å²) < 4.78 is 5.11. The summed E-state index contributed by atoms with van der Waals surface area (Å²) in [7, 11) is 5.16. The van der Waals surface area contributed by atoms with Gasteiger partial charge in [-0.25, -0.2) is 9.69 Å². The maximum Gasteiger partial charge on any atom is 0.357 e. The first kappa shape index (κ1) is 21.2. The van der Waals surface area contributed by atoms with Gasteiger partial charge in [0.1, 0.15) is 12.3 Å². The fraction of sp³-hybridized carbons (Fsp3) is 0.190. The van der Waals surface area contributed by atoms with E-state index in [1.165, 1.54) is 30.6 Å². The second-order valence-corrected chi connectivity index (χ2v) is 8.19. The Hall–Kier alpha value is -3.99. The molecule has 1 aromatic heterocycles. The molecule has 0 saturated heterocycles. The van der Waals surface area contributed by atoms with E-state index in [0.717, 1.165) is 14.8 Å². The summed E-state index contributed by atoms with van der Waals surface area (Å²) in [5, 5.41) is 10.1. The smallest absolute Gasteiger partial charge is 0.357 e. The van der Waals surface area contributed by atoms with Crippen LogP contribution < -0.4 is 14.5 Å². The minimum absolute atomic E-state index is 0.0270. The molecule has 10 nitrogen and oxygen atoms in total. The number of carbonyl (C=O) groups excluding carboxylic acids is 3. The number of amides is 4. The molecule has 2 aliphatic rings. The van der Waals surface area contributed by atoms with E-state index in [2.05, 4.69) is 4.99 Å². The molecule has 1 aromatic carbocycles. The summed E-state index contributed by atoms with van der Waals surface area (Å²) in [5.41, 5.74) is 0.178. The highest BCUT2D eigenvalue weighted by molar-refractivity contribution is 7.17. The highest BCUT2D eigenvalue weighted by Crippen LogP contribution is 2.39. The number of anilines is 2. The maximum absolute atomic E-state index is 13.5. The van der Waals surface area contributed by atoms with Crippen molar-refractivity contribution < 1.29 is 29.0 Å². The molecule has 0 aliphatic carbocycles. The molecule has 2 aromatic rings. The van der Waals surface area contributed by atoms with Gasteiger partial charge in [0.25, 0.3) is 11.8 Å². The number of carboxylic acids is 1. The molecule has 2 aliphatic heterocycles. The van der Waals surface area contributed by atoms with Crippen molar-refractivity contribution in [1.82, 2.24) is 4.90 Å². The molecule has 3 heterocycles. The Morgan fingerprint density at radius 3 is 2.31 bits per heavy atom. The molecule has 164 valence electrons. The molecule has 0 bridgehead atoms. The number of rotatable bonds is 6. The number of nitrogens with zero attached hydrogens (tertiary/aromatic N) is 4. The molecule has 0 radical (unpaired) electrons. The number of benzene rings is 1. The second-order valence-electron chi connectivity index (χ2n) is 7.12. The van der Waals surface area contributed by atoms with Crippen LogP contribution in [0.15, 0.2) is 47.0 Å². The van der Waals surface area contributed by atoms with Crippen LogP contribution in [0.2, 0.25) is 0 Å². The zero-order chi connectivity index (χ0) is 23.2. The topological polar surface area (TPSA) is 120 Å². The minimum Gasteiger partial charge on any atom is -0.497 e. The molecule has 0 atom stereocenters. The van der Waals surface area contributed by atoms with Crippen molar-refractivity contribution in [3.63, 3.8) is 0 Å². The number of thiophene rings is 1. The van der Waals surface area contributed by atoms with Crippen molar-refractivity contribution in [2.45, 2.75) is 0 Å². The Bertz CT molecular complexity index is 1210. The molecule has 4 rings (SSSR count). The van der Waals surface area contributed by atoms with Crippen molar-refractivity contribution in [2.24, 2.45) is 4.99 Å². The van der Waals surface area contributed by atoms with E-state index in [0.29, 0.717) is 10.6 Å². The molecule has 0 unspecified atom stereocenters. The van der Waals surface area contributed by atoms with Crippen LogP contribution in [0.25, 0.3) is 5.57 Å². The number of ether oxygens (including phenoxy) is 1. The number of carboxylic acid groups (broad SMARTS) is 1. The highest BCUT2D eigenvalue weighted by atomic mass is 32.1. The Morgan fingerprint density at radius 2 is 1.75 bits per heavy atom. The fourth-order valence-corrected chi connectivity index (χ4v) is 4.39. The van der Waals surface area contributed by atoms with E-state index in [9.17, 15) is 24.3 Å². The Balaban J connectivity index is 1.87. The van der Waals surface area contributed by atoms with Gasteiger partial charge in [0.15, 0.2) is 5.84 Å². The van der Waals surface area contributed by atoms with Crippen LogP contribution in [0.4, 0.5) is 15.5 Å². The van der Waals surface area contributed by atoms with Crippen LogP contribution >= 0.6 is 11.3 Å². The Morgan fingerprint density at radius 1 is 1.06 bits per heavy atom. The lowest BCUT2D eigenvalue weighted by Crippen LogP contribution is -2.46. The lowest BCUT2D eigenvalue weighted by molar-refractivity contribution is -0.140. The Labute approximate surface area is 186 Å². The first-order valence-electron chi connectivity index (χ1n) is 9.40. The summed E-state index contributed by atoms with van der Waals surface area (Å²) in [6.07, 6.45) is 0. The van der Waals surface area contributed by atoms with Gasteiger partial charge in [-0.2, -0.15) is 4.99 Å². The Kier molecular flexibility index (Phi) is 5.26. The van der Waals surface area contributed by atoms with E-state index in [-0.39, 0.29) is 22.7 Å². The highest BCUT2D eigenvalue weighted by Gasteiger charge is 2.47. The quantitative estimate of drug-likeness (QED) is 0.709. The number of imide groups is 1. The van der Waals surface area contributed by atoms with Crippen LogP contribution in [0.1, 0.15) is 4.88 Å². The monoisotopic (exact) mass is 454 g/mol. The van der Waals surface area contributed by atoms with Gasteiger partial charge in [0.2, 0.25) is 0 Å². The molecule has 0 fully saturated rings. The predicted octanol–water partition coefficient (Wildman–Crippen LogP) is 2.07. The third-order valence-electron chi connectivity index (χ3n) is 4.90. The van der Waals surface area contributed by atoms with Gasteiger partial charge in [0, 0.05) is 19.0 Å². The van der Waals surface area contributed by atoms with Crippen molar-refractivity contribution in [3.8, 4) is 5.75 Å². The van der Waals surface area contributed by atoms with E-state index in [1.807, 2.05) is 19.0 Å². The first-order valence-corrected chi connectivity index (χ1v) is 10.2. The summed E-state index contributed by atoms with van der Waals surface area (Å²) in [5.74, 6) is -2.44. The van der Waals surface area contributed by atoms with Crippen molar-refractivity contribution in [2.75, 3.05) is 37.5 Å². The van der Waals surface area contributed by atoms with E-state index in [4.69, 9.17) is 4.74 Å². The van der Waals surface area contributed by atoms with E-state index < -0.39 is 30.4 Å². The second kappa shape index (κ2) is 7.93. The molecule has 1 N–H and O–H groups in total. The molecular formula is C21H18N4O6S. The lowest BCUT2D eigenvalue weighted by Gasteiger charge is -2.25. The number of aliphatic carboxylic acids is 1. The average molecular weight is 454 g/mol. The first-order chi connectivity index (χ1) is 15.2. The summed E-state index contributed by atoms with van der Waals surface area (Å²) in [4.78, 5) is 58.7. The third-order valence-corrected chi connectivity index (χ3v) is 6.17. The van der Waals surface area contributed by atoms with Gasteiger partial charge in [-0.05, 0) is 36.4 Å². The van der Waals surface area contributed by atoms with Gasteiger partial charge < -0.3 is 14.7 Å². The third kappa shape index (κ3) is 3.42. The summed E-state index contributed by atoms with van der Waals surface area (Å²) in [6.45, 7) is -0.723. The number of hydrogen-bond donors (Lipinski definition) is 1. The number of hydrogen-bond acceptors (Lipinski definition) is 7. The number of methoxy groups -OCH3 is 1. The number of aliphatic imine (C=N–C) groups is 1. The van der Waals surface area contributed by atoms with Gasteiger partial charge in [-0.15, -0.1) is 11.3 Å². The molecule has 0 saturated carbocycles. The SMILES string of the molecule is COc1ccc(N2C(=O)N=C3C(=C(c4ccc(N(C)C)s4)C(=O)N3CC(=O)O)C2=O)cc1. The normalized spacial score (nSPS) is 15.8. The van der Waals surface area contributed by atoms with E-state index >= 15 is 0 Å². The summed E-state index contributed by atoms with van der Waals surface area (Å²) >= 11 is 1.27. The number of fused-ring (bicyclic) bond motifs is 1. The lowest BCUT2D eigenvalue weighted by atomic mass is 10.1. The molecule has 0 spiro atoms. The largest absolute Gasteiger partial charge is 0.497 e. The van der Waals surface area contributed by atoms with Crippen molar-refractivity contribution >= 4 is 57.2 Å². The van der Waals surface area contributed by atoms with E-state index in [1.54, 1.807) is 24.3 Å². The van der Waals surface area contributed by atoms with Crippen LogP contribution in [-0.4, -0.2) is 67.4 Å². The zero-order valence-corrected chi connectivity index (χ0v) is 18.2. The van der Waals surface area contributed by atoms with Crippen LogP contribution in [-0.2, 0) is 14.4 Å². The molecular weight excluding hydrogens is 436 g/mol. The molecule has 32 heavy (non-hydrogen) atoms. The van der Waals surface area contributed by atoms with Gasteiger partial charge in [0.05, 0.1) is 28.9 Å². The fourth-order valence-electron chi connectivity index (χ4n) is 3.41. The van der Waals surface area contributed by atoms with Crippen LogP contribution in [0.3, 0.4) is 0 Å². The number of amidine groups is 1. The van der Waals surface area contributed by atoms with Gasteiger partial charge >= 0.3 is 12.0 Å². The average Bonchev–Trinajstić information content (AvgIpc) is 3.33. The van der Waals surface area contributed by atoms with Crippen molar-refractivity contribution in [3.05, 3.63) is 46.8 Å². The number of carbonyl (C=O) groups is 4. The standard InChI is InChI=1S/C21H18N4O6S/c1-23(2)14-9-8-13(32-14)16-17-18(24(19(16)28)10-15(26)27)22-21(30)25(20(17)29)11-4-6-12(31-3)7-5-11/h4-9H,10H2,1-3H3,(H,26,27). The maximum atomic E-state index is 13.5. The van der Waals surface area contributed by atoms with Crippen molar-refractivity contribution in [1.29, 1.82) is 0 Å². The van der Waals surface area contributed by atoms with Crippen LogP contribution in [0, 0.1) is 0 Å². The molecule has 11 heteroatoms. The number of urea groups is 1. The van der Waals surface area contributed by atoms with Crippen LogP contribution in [0.5, 0.6) is 5.75 Å². The van der Waals surface area contributed by atoms with Gasteiger partial charge in [-0.1, -0.05) is 0 Å². The zero-order valence-electron chi connectivity index (χ0n) is 17.4. The predicted molar refractivity (Wildman–Crippen MR) is 118 cm³/mol. The summed E-state index contributed by atoms with van der Waals surface area (Å²) in [6, 6.07) is 8.78. The minimum atomic E-state index is -1.29.